The van der Waals surface area contributed by atoms with Gasteiger partial charge < -0.3 is 20.9 Å². The monoisotopic (exact) mass is 545 g/mol. The van der Waals surface area contributed by atoms with E-state index in [9.17, 15) is 14.4 Å². The van der Waals surface area contributed by atoms with Crippen molar-refractivity contribution in [2.45, 2.75) is 50.2 Å². The van der Waals surface area contributed by atoms with E-state index >= 15 is 0 Å². The number of amides is 3. The molecule has 1 saturated carbocycles. The third-order valence-corrected chi connectivity index (χ3v) is 7.60. The number of rotatable bonds is 8. The SMILES string of the molecule is O=C(NCCNc1ccnc2cc(Cl)ccc12)C(=O)N[C@@H]1C(=O)N(C2CCCCC2)[C@@H]1/C=C/c1ccccc1. The van der Waals surface area contributed by atoms with E-state index in [1.165, 1.54) is 6.42 Å². The Morgan fingerprint density at radius 3 is 2.59 bits per heavy atom. The number of nitrogens with zero attached hydrogens (tertiary/aromatic N) is 2. The maximum absolute atomic E-state index is 13.1. The molecule has 0 bridgehead atoms. The first-order chi connectivity index (χ1) is 19.0. The summed E-state index contributed by atoms with van der Waals surface area (Å²) in [6.07, 6.45) is 10.9. The quantitative estimate of drug-likeness (QED) is 0.224. The molecule has 3 aromatic rings. The van der Waals surface area contributed by atoms with E-state index < -0.39 is 17.9 Å². The second kappa shape index (κ2) is 12.3. The number of hydrogen-bond acceptors (Lipinski definition) is 5. The summed E-state index contributed by atoms with van der Waals surface area (Å²) in [6, 6.07) is 16.3. The van der Waals surface area contributed by atoms with E-state index in [4.69, 9.17) is 11.6 Å². The van der Waals surface area contributed by atoms with Gasteiger partial charge in [-0.05, 0) is 42.7 Å². The lowest BCUT2D eigenvalue weighted by Gasteiger charge is -2.51. The van der Waals surface area contributed by atoms with Crippen molar-refractivity contribution in [3.05, 3.63) is 77.5 Å². The van der Waals surface area contributed by atoms with Crippen LogP contribution in [0.1, 0.15) is 37.7 Å². The van der Waals surface area contributed by atoms with Crippen molar-refractivity contribution < 1.29 is 14.4 Å². The van der Waals surface area contributed by atoms with Crippen LogP contribution in [0, 0.1) is 0 Å². The van der Waals surface area contributed by atoms with Gasteiger partial charge in [-0.3, -0.25) is 19.4 Å². The van der Waals surface area contributed by atoms with Crippen molar-refractivity contribution in [2.24, 2.45) is 0 Å². The van der Waals surface area contributed by atoms with Crippen LogP contribution in [0.5, 0.6) is 0 Å². The standard InChI is InChI=1S/C30H32ClN5O3/c31-21-12-13-23-24(15-16-32-25(23)19-21)33-17-18-34-28(37)29(38)35-27-26(14-11-20-7-3-1-4-8-20)36(30(27)39)22-9-5-2-6-10-22/h1,3-4,7-8,11-16,19,22,26-27H,2,5-6,9-10,17-18H2,(H,32,33)(H,34,37)(H,35,38)/b14-11+/t26-,27+/m1/s1. The Morgan fingerprint density at radius 1 is 1.00 bits per heavy atom. The Labute approximate surface area is 232 Å². The maximum atomic E-state index is 13.1. The molecule has 8 nitrogen and oxygen atoms in total. The molecule has 1 saturated heterocycles. The zero-order valence-corrected chi connectivity index (χ0v) is 22.4. The van der Waals surface area contributed by atoms with E-state index in [0.29, 0.717) is 11.6 Å². The van der Waals surface area contributed by atoms with Crippen molar-refractivity contribution in [3.63, 3.8) is 0 Å². The van der Waals surface area contributed by atoms with Crippen LogP contribution < -0.4 is 16.0 Å². The van der Waals surface area contributed by atoms with Gasteiger partial charge in [0.05, 0.1) is 11.6 Å². The van der Waals surface area contributed by atoms with Gasteiger partial charge in [-0.25, -0.2) is 0 Å². The Kier molecular flexibility index (Phi) is 8.42. The fourth-order valence-electron chi connectivity index (χ4n) is 5.38. The summed E-state index contributed by atoms with van der Waals surface area (Å²) >= 11 is 6.05. The Balaban J connectivity index is 1.16. The van der Waals surface area contributed by atoms with Crippen LogP contribution in [0.25, 0.3) is 17.0 Å². The fraction of sp³-hybridized carbons (Fsp3) is 0.333. The second-order valence-corrected chi connectivity index (χ2v) is 10.4. The van der Waals surface area contributed by atoms with E-state index in [-0.39, 0.29) is 24.5 Å². The third-order valence-electron chi connectivity index (χ3n) is 7.36. The van der Waals surface area contributed by atoms with E-state index in [2.05, 4.69) is 20.9 Å². The first kappa shape index (κ1) is 26.7. The number of likely N-dealkylation sites (tertiary alicyclic amines) is 1. The highest BCUT2D eigenvalue weighted by atomic mass is 35.5. The number of carbonyl (C=O) groups excluding carboxylic acids is 3. The van der Waals surface area contributed by atoms with Crippen LogP contribution in [-0.2, 0) is 14.4 Å². The van der Waals surface area contributed by atoms with Gasteiger partial charge >= 0.3 is 11.8 Å². The predicted octanol–water partition coefficient (Wildman–Crippen LogP) is 4.16. The molecule has 1 aliphatic heterocycles. The molecule has 39 heavy (non-hydrogen) atoms. The molecule has 5 rings (SSSR count). The van der Waals surface area contributed by atoms with Gasteiger partial charge in [0.15, 0.2) is 0 Å². The minimum Gasteiger partial charge on any atom is -0.383 e. The number of fused-ring (bicyclic) bond motifs is 1. The van der Waals surface area contributed by atoms with Gasteiger partial charge in [0.1, 0.15) is 6.04 Å². The molecule has 1 aliphatic carbocycles. The molecule has 202 valence electrons. The first-order valence-electron chi connectivity index (χ1n) is 13.4. The van der Waals surface area contributed by atoms with Gasteiger partial charge in [-0.2, -0.15) is 0 Å². The number of aromatic nitrogens is 1. The Morgan fingerprint density at radius 2 is 1.79 bits per heavy atom. The third kappa shape index (κ3) is 6.23. The molecule has 0 spiro atoms. The minimum absolute atomic E-state index is 0.128. The molecule has 2 aliphatic rings. The van der Waals surface area contributed by atoms with Crippen LogP contribution in [0.3, 0.4) is 0 Å². The molecule has 3 N–H and O–H groups in total. The van der Waals surface area contributed by atoms with Crippen molar-refractivity contribution in [3.8, 4) is 0 Å². The van der Waals surface area contributed by atoms with Crippen molar-refractivity contribution >= 4 is 52.0 Å². The zero-order chi connectivity index (χ0) is 27.2. The number of carbonyl (C=O) groups is 3. The molecule has 2 atom stereocenters. The smallest absolute Gasteiger partial charge is 0.310 e. The van der Waals surface area contributed by atoms with Gasteiger partial charge in [0.2, 0.25) is 5.91 Å². The number of hydrogen-bond donors (Lipinski definition) is 3. The van der Waals surface area contributed by atoms with Gasteiger partial charge in [0.25, 0.3) is 0 Å². The zero-order valence-electron chi connectivity index (χ0n) is 21.6. The van der Waals surface area contributed by atoms with Crippen LogP contribution >= 0.6 is 11.6 Å². The second-order valence-electron chi connectivity index (χ2n) is 9.95. The van der Waals surface area contributed by atoms with E-state index in [1.54, 1.807) is 18.3 Å². The number of anilines is 1. The highest BCUT2D eigenvalue weighted by molar-refractivity contribution is 6.35. The van der Waals surface area contributed by atoms with Crippen LogP contribution in [0.2, 0.25) is 5.02 Å². The van der Waals surface area contributed by atoms with Crippen molar-refractivity contribution in [1.29, 1.82) is 0 Å². The molecule has 0 radical (unpaired) electrons. The average molecular weight is 546 g/mol. The number of β-lactam (4-membered cyclic amide) rings is 1. The predicted molar refractivity (Wildman–Crippen MR) is 153 cm³/mol. The van der Waals surface area contributed by atoms with Gasteiger partial charge in [0, 0.05) is 41.4 Å². The highest BCUT2D eigenvalue weighted by Gasteiger charge is 2.50. The van der Waals surface area contributed by atoms with E-state index in [1.807, 2.05) is 59.5 Å². The molecule has 0 unspecified atom stereocenters. The molecular formula is C30H32ClN5O3. The molecule has 2 fully saturated rings. The molecular weight excluding hydrogens is 514 g/mol. The summed E-state index contributed by atoms with van der Waals surface area (Å²) in [5, 5.41) is 10.1. The fourth-order valence-corrected chi connectivity index (χ4v) is 5.54. The molecule has 2 aromatic carbocycles. The molecule has 9 heteroatoms. The largest absolute Gasteiger partial charge is 0.383 e. The lowest BCUT2D eigenvalue weighted by atomic mass is 9.85. The highest BCUT2D eigenvalue weighted by Crippen LogP contribution is 2.32. The number of halogens is 1. The summed E-state index contributed by atoms with van der Waals surface area (Å²) in [5.41, 5.74) is 2.63. The molecule has 2 heterocycles. The van der Waals surface area contributed by atoms with Gasteiger partial charge in [-0.1, -0.05) is 73.3 Å². The Hall–Kier alpha value is -3.91. The number of pyridine rings is 1. The average Bonchev–Trinajstić information content (AvgIpc) is 2.96. The number of nitrogens with one attached hydrogen (secondary N) is 3. The number of benzene rings is 2. The summed E-state index contributed by atoms with van der Waals surface area (Å²) in [4.78, 5) is 44.6. The van der Waals surface area contributed by atoms with Crippen molar-refractivity contribution in [2.75, 3.05) is 18.4 Å². The molecule has 3 amide bonds. The van der Waals surface area contributed by atoms with Gasteiger partial charge in [-0.15, -0.1) is 0 Å². The Bertz CT molecular complexity index is 1370. The lowest BCUT2D eigenvalue weighted by molar-refractivity contribution is -0.156. The van der Waals surface area contributed by atoms with E-state index in [0.717, 1.165) is 47.8 Å². The minimum atomic E-state index is -0.807. The normalized spacial score (nSPS) is 19.6. The summed E-state index contributed by atoms with van der Waals surface area (Å²) in [5.74, 6) is -1.70. The van der Waals surface area contributed by atoms with Crippen molar-refractivity contribution in [1.82, 2.24) is 20.5 Å². The summed E-state index contributed by atoms with van der Waals surface area (Å²) in [7, 11) is 0. The maximum Gasteiger partial charge on any atom is 0.310 e. The lowest BCUT2D eigenvalue weighted by Crippen LogP contribution is -2.73. The first-order valence-corrected chi connectivity index (χ1v) is 13.8. The van der Waals surface area contributed by atoms with Crippen LogP contribution in [-0.4, -0.2) is 58.8 Å². The van der Waals surface area contributed by atoms with Crippen LogP contribution in [0.15, 0.2) is 66.9 Å². The summed E-state index contributed by atoms with van der Waals surface area (Å²) < 4.78 is 0. The van der Waals surface area contributed by atoms with Crippen LogP contribution in [0.4, 0.5) is 5.69 Å². The summed E-state index contributed by atoms with van der Waals surface area (Å²) in [6.45, 7) is 0.634. The topological polar surface area (TPSA) is 103 Å². The molecule has 1 aromatic heterocycles.